The van der Waals surface area contributed by atoms with Gasteiger partial charge in [-0.05, 0) is 81.6 Å². The predicted molar refractivity (Wildman–Crippen MR) is 148 cm³/mol. The van der Waals surface area contributed by atoms with Crippen molar-refractivity contribution in [3.63, 3.8) is 0 Å². The highest BCUT2D eigenvalue weighted by Crippen LogP contribution is 2.47. The number of fused-ring (bicyclic) bond motifs is 4. The standard InChI is InChI=1S/C31H38N4O3/c1-31-21-25-24-20-23(38-2)13-14-26(24)32-28(25)27(19-22-11-6-5-7-12-22)35(31)30(37)34(29(31)36)18-10-17-33-15-8-3-4-9-16-33/h5-7,11-14,20,27,32H,3-4,8-10,15-19,21H2,1-2H3/t27?,31-/m0/s1. The summed E-state index contributed by atoms with van der Waals surface area (Å²) in [6.07, 6.45) is 7.04. The number of carbonyl (C=O) groups excluding carboxylic acids is 2. The number of nitrogens with one attached hydrogen (secondary N) is 1. The normalized spacial score (nSPS) is 24.0. The van der Waals surface area contributed by atoms with Gasteiger partial charge in [0.25, 0.3) is 5.91 Å². The summed E-state index contributed by atoms with van der Waals surface area (Å²) >= 11 is 0. The lowest BCUT2D eigenvalue weighted by molar-refractivity contribution is -0.133. The highest BCUT2D eigenvalue weighted by atomic mass is 16.5. The average molecular weight is 515 g/mol. The number of hydrogen-bond acceptors (Lipinski definition) is 4. The van der Waals surface area contributed by atoms with E-state index in [-0.39, 0.29) is 18.0 Å². The fourth-order valence-electron chi connectivity index (χ4n) is 6.82. The molecule has 1 aromatic heterocycles. The van der Waals surface area contributed by atoms with Crippen LogP contribution in [0.25, 0.3) is 10.9 Å². The smallest absolute Gasteiger partial charge is 0.328 e. The highest BCUT2D eigenvalue weighted by Gasteiger charge is 2.59. The molecule has 6 rings (SSSR count). The molecule has 0 saturated carbocycles. The summed E-state index contributed by atoms with van der Waals surface area (Å²) in [6.45, 7) is 5.61. The van der Waals surface area contributed by atoms with Crippen molar-refractivity contribution in [2.24, 2.45) is 0 Å². The predicted octanol–water partition coefficient (Wildman–Crippen LogP) is 5.31. The SMILES string of the molecule is COc1ccc2[nH]c3c(c2c1)C[C@@]1(C)C(=O)N(CCCN2CCCCCC2)C(=O)N1C3Cc1ccccc1. The summed E-state index contributed by atoms with van der Waals surface area (Å²) in [7, 11) is 1.67. The summed E-state index contributed by atoms with van der Waals surface area (Å²) < 4.78 is 5.52. The first kappa shape index (κ1) is 25.0. The Balaban J connectivity index is 1.33. The van der Waals surface area contributed by atoms with Crippen LogP contribution in [0.4, 0.5) is 4.79 Å². The van der Waals surface area contributed by atoms with E-state index in [1.54, 1.807) is 7.11 Å². The lowest BCUT2D eigenvalue weighted by Gasteiger charge is -2.42. The molecule has 200 valence electrons. The molecular formula is C31H38N4O3. The number of carbonyl (C=O) groups is 2. The first-order valence-electron chi connectivity index (χ1n) is 14.1. The van der Waals surface area contributed by atoms with E-state index < -0.39 is 5.54 Å². The van der Waals surface area contributed by atoms with Crippen molar-refractivity contribution in [1.82, 2.24) is 19.7 Å². The quantitative estimate of drug-likeness (QED) is 0.434. The van der Waals surface area contributed by atoms with Gasteiger partial charge in [-0.2, -0.15) is 0 Å². The van der Waals surface area contributed by atoms with Crippen LogP contribution >= 0.6 is 0 Å². The van der Waals surface area contributed by atoms with Gasteiger partial charge < -0.3 is 19.5 Å². The van der Waals surface area contributed by atoms with Gasteiger partial charge in [-0.25, -0.2) is 4.79 Å². The van der Waals surface area contributed by atoms with Crippen LogP contribution in [-0.2, 0) is 17.6 Å². The molecule has 3 aromatic rings. The van der Waals surface area contributed by atoms with Crippen molar-refractivity contribution < 1.29 is 14.3 Å². The molecule has 7 heteroatoms. The molecular weight excluding hydrogens is 476 g/mol. The fraction of sp³-hybridized carbons (Fsp3) is 0.484. The number of urea groups is 1. The number of rotatable bonds is 7. The number of hydrogen-bond donors (Lipinski definition) is 1. The first-order chi connectivity index (χ1) is 18.5. The van der Waals surface area contributed by atoms with Crippen molar-refractivity contribution in [1.29, 1.82) is 0 Å². The van der Waals surface area contributed by atoms with Gasteiger partial charge in [0, 0.05) is 29.6 Å². The third-order valence-corrected chi connectivity index (χ3v) is 8.81. The second-order valence-corrected chi connectivity index (χ2v) is 11.3. The number of ether oxygens (including phenoxy) is 1. The Morgan fingerprint density at radius 2 is 1.76 bits per heavy atom. The zero-order chi connectivity index (χ0) is 26.3. The summed E-state index contributed by atoms with van der Waals surface area (Å²) in [5.41, 5.74) is 3.38. The van der Waals surface area contributed by atoms with Crippen molar-refractivity contribution in [3.05, 3.63) is 65.4 Å². The van der Waals surface area contributed by atoms with Crippen LogP contribution in [0.1, 0.15) is 61.9 Å². The van der Waals surface area contributed by atoms with Crippen LogP contribution < -0.4 is 4.74 Å². The first-order valence-corrected chi connectivity index (χ1v) is 14.1. The van der Waals surface area contributed by atoms with Crippen LogP contribution in [-0.4, -0.2) is 70.4 Å². The number of benzene rings is 2. The number of amides is 3. The van der Waals surface area contributed by atoms with Crippen LogP contribution in [0.3, 0.4) is 0 Å². The molecule has 1 N–H and O–H groups in total. The Kier molecular flexibility index (Phi) is 6.64. The number of imide groups is 1. The van der Waals surface area contributed by atoms with E-state index in [0.717, 1.165) is 59.5 Å². The van der Waals surface area contributed by atoms with Gasteiger partial charge in [0.2, 0.25) is 0 Å². The molecule has 0 bridgehead atoms. The molecule has 2 atom stereocenters. The van der Waals surface area contributed by atoms with Crippen LogP contribution in [0, 0.1) is 0 Å². The minimum Gasteiger partial charge on any atom is -0.497 e. The Hall–Kier alpha value is -3.32. The van der Waals surface area contributed by atoms with Crippen LogP contribution in [0.5, 0.6) is 5.75 Å². The van der Waals surface area contributed by atoms with E-state index in [4.69, 9.17) is 4.74 Å². The van der Waals surface area contributed by atoms with Gasteiger partial charge in [-0.3, -0.25) is 9.69 Å². The molecule has 0 aliphatic carbocycles. The van der Waals surface area contributed by atoms with Gasteiger partial charge in [0.05, 0.1) is 13.2 Å². The van der Waals surface area contributed by atoms with Gasteiger partial charge in [-0.1, -0.05) is 43.2 Å². The van der Waals surface area contributed by atoms with E-state index in [0.29, 0.717) is 19.4 Å². The molecule has 3 aliphatic heterocycles. The molecule has 2 fully saturated rings. The second-order valence-electron chi connectivity index (χ2n) is 11.3. The Morgan fingerprint density at radius 3 is 2.50 bits per heavy atom. The van der Waals surface area contributed by atoms with Gasteiger partial charge in [0.1, 0.15) is 11.3 Å². The van der Waals surface area contributed by atoms with Crippen molar-refractivity contribution in [2.75, 3.05) is 33.3 Å². The zero-order valence-corrected chi connectivity index (χ0v) is 22.5. The van der Waals surface area contributed by atoms with E-state index in [1.807, 2.05) is 48.2 Å². The van der Waals surface area contributed by atoms with Crippen molar-refractivity contribution in [2.45, 2.75) is 63.5 Å². The number of likely N-dealkylation sites (tertiary alicyclic amines) is 1. The molecule has 3 aliphatic rings. The monoisotopic (exact) mass is 514 g/mol. The van der Waals surface area contributed by atoms with Crippen molar-refractivity contribution >= 4 is 22.8 Å². The molecule has 1 unspecified atom stereocenters. The molecule has 0 spiro atoms. The number of aromatic amines is 1. The van der Waals surface area contributed by atoms with Crippen LogP contribution in [0.15, 0.2) is 48.5 Å². The number of H-pyrrole nitrogens is 1. The lowest BCUT2D eigenvalue weighted by atomic mass is 9.81. The van der Waals surface area contributed by atoms with E-state index in [9.17, 15) is 9.59 Å². The average Bonchev–Trinajstić information content (AvgIpc) is 3.20. The summed E-state index contributed by atoms with van der Waals surface area (Å²) in [4.78, 5) is 37.5. The fourth-order valence-corrected chi connectivity index (χ4v) is 6.82. The number of methoxy groups -OCH3 is 1. The molecule has 0 radical (unpaired) electrons. The van der Waals surface area contributed by atoms with E-state index in [2.05, 4.69) is 22.0 Å². The minimum atomic E-state index is -0.912. The summed E-state index contributed by atoms with van der Waals surface area (Å²) in [5, 5.41) is 1.07. The lowest BCUT2D eigenvalue weighted by Crippen LogP contribution is -2.53. The van der Waals surface area contributed by atoms with Crippen molar-refractivity contribution in [3.8, 4) is 5.75 Å². The third kappa shape index (κ3) is 4.27. The summed E-state index contributed by atoms with van der Waals surface area (Å²) in [6, 6.07) is 15.9. The largest absolute Gasteiger partial charge is 0.497 e. The van der Waals surface area contributed by atoms with E-state index >= 15 is 0 Å². The van der Waals surface area contributed by atoms with Gasteiger partial charge in [0.15, 0.2) is 0 Å². The topological polar surface area (TPSA) is 68.9 Å². The molecule has 7 nitrogen and oxygen atoms in total. The zero-order valence-electron chi connectivity index (χ0n) is 22.5. The maximum atomic E-state index is 14.0. The summed E-state index contributed by atoms with van der Waals surface area (Å²) in [5.74, 6) is 0.717. The molecule has 2 aromatic carbocycles. The second kappa shape index (κ2) is 10.1. The van der Waals surface area contributed by atoms with Gasteiger partial charge >= 0.3 is 6.03 Å². The van der Waals surface area contributed by atoms with Crippen LogP contribution in [0.2, 0.25) is 0 Å². The Morgan fingerprint density at radius 1 is 1.00 bits per heavy atom. The minimum absolute atomic E-state index is 0.0701. The molecule has 2 saturated heterocycles. The Bertz CT molecular complexity index is 1330. The highest BCUT2D eigenvalue weighted by molar-refractivity contribution is 6.08. The Labute approximate surface area is 224 Å². The molecule has 38 heavy (non-hydrogen) atoms. The van der Waals surface area contributed by atoms with Gasteiger partial charge in [-0.15, -0.1) is 0 Å². The molecule has 3 amide bonds. The maximum absolute atomic E-state index is 14.0. The number of aromatic nitrogens is 1. The van der Waals surface area contributed by atoms with E-state index in [1.165, 1.54) is 30.6 Å². The number of nitrogens with zero attached hydrogens (tertiary/aromatic N) is 3. The maximum Gasteiger partial charge on any atom is 0.328 e. The molecule has 4 heterocycles. The third-order valence-electron chi connectivity index (χ3n) is 8.81.